The van der Waals surface area contributed by atoms with Crippen molar-refractivity contribution < 1.29 is 9.84 Å². The third-order valence-electron chi connectivity index (χ3n) is 4.36. The summed E-state index contributed by atoms with van der Waals surface area (Å²) in [5.41, 5.74) is 1.72. The van der Waals surface area contributed by atoms with Crippen LogP contribution in [0.15, 0.2) is 6.07 Å². The maximum Gasteiger partial charge on any atom is 0.225 e. The van der Waals surface area contributed by atoms with Crippen molar-refractivity contribution in [3.05, 3.63) is 17.5 Å². The quantitative estimate of drug-likeness (QED) is 0.758. The highest BCUT2D eigenvalue weighted by atomic mass is 16.5. The summed E-state index contributed by atoms with van der Waals surface area (Å²) in [7, 11) is 1.68. The Balaban J connectivity index is 2.05. The summed E-state index contributed by atoms with van der Waals surface area (Å²) in [6.07, 6.45) is 4.37. The van der Waals surface area contributed by atoms with Gasteiger partial charge in [-0.2, -0.15) is 0 Å². The average Bonchev–Trinajstić information content (AvgIpc) is 2.54. The van der Waals surface area contributed by atoms with Crippen molar-refractivity contribution in [1.82, 2.24) is 15.3 Å². The third kappa shape index (κ3) is 5.41. The molecule has 1 aromatic heterocycles. The molecule has 1 atom stereocenters. The number of nitrogens with zero attached hydrogens (tertiary/aromatic N) is 3. The average molecular weight is 322 g/mol. The van der Waals surface area contributed by atoms with Crippen LogP contribution in [0.25, 0.3) is 0 Å². The maximum atomic E-state index is 9.26. The van der Waals surface area contributed by atoms with Gasteiger partial charge in [0.05, 0.1) is 12.3 Å². The summed E-state index contributed by atoms with van der Waals surface area (Å²) in [4.78, 5) is 11.6. The molecule has 6 heteroatoms. The van der Waals surface area contributed by atoms with Crippen molar-refractivity contribution in [2.45, 2.75) is 51.6 Å². The van der Waals surface area contributed by atoms with E-state index in [1.165, 1.54) is 19.3 Å². The Kier molecular flexibility index (Phi) is 6.74. The highest BCUT2D eigenvalue weighted by molar-refractivity contribution is 5.32. The number of hydrogen-bond donors (Lipinski definition) is 2. The molecule has 1 aliphatic rings. The second-order valence-corrected chi connectivity index (χ2v) is 6.67. The summed E-state index contributed by atoms with van der Waals surface area (Å²) in [5, 5.41) is 12.7. The molecule has 2 rings (SSSR count). The highest BCUT2D eigenvalue weighted by Gasteiger charge is 2.23. The van der Waals surface area contributed by atoms with Crippen LogP contribution < -0.4 is 10.2 Å². The van der Waals surface area contributed by atoms with E-state index >= 15 is 0 Å². The predicted molar refractivity (Wildman–Crippen MR) is 91.7 cm³/mol. The minimum Gasteiger partial charge on any atom is -0.396 e. The van der Waals surface area contributed by atoms with Crippen LogP contribution in [-0.2, 0) is 11.3 Å². The molecule has 130 valence electrons. The van der Waals surface area contributed by atoms with E-state index in [9.17, 15) is 5.11 Å². The van der Waals surface area contributed by atoms with Gasteiger partial charge in [-0.15, -0.1) is 0 Å². The Morgan fingerprint density at radius 3 is 2.70 bits per heavy atom. The zero-order valence-corrected chi connectivity index (χ0v) is 14.6. The van der Waals surface area contributed by atoms with Crippen molar-refractivity contribution in [3.63, 3.8) is 0 Å². The first kappa shape index (κ1) is 18.1. The molecule has 1 aliphatic heterocycles. The molecule has 1 fully saturated rings. The molecule has 23 heavy (non-hydrogen) atoms. The standard InChI is InChI=1S/C17H30N4O2/c1-14-11-15(12-18-17(2,7-10-22)13-23-3)20-16(19-14)21-8-5-4-6-9-21/h11,18,22H,4-10,12-13H2,1-3H3. The zero-order chi connectivity index (χ0) is 16.7. The molecule has 0 radical (unpaired) electrons. The molecule has 1 aromatic rings. The van der Waals surface area contributed by atoms with Gasteiger partial charge in [0.2, 0.25) is 5.95 Å². The number of hydrogen-bond acceptors (Lipinski definition) is 6. The van der Waals surface area contributed by atoms with E-state index in [1.54, 1.807) is 7.11 Å². The molecule has 2 heterocycles. The Labute approximate surface area is 139 Å². The van der Waals surface area contributed by atoms with Crippen LogP contribution >= 0.6 is 0 Å². The molecule has 0 aromatic carbocycles. The van der Waals surface area contributed by atoms with Gasteiger partial charge in [0.25, 0.3) is 0 Å². The van der Waals surface area contributed by atoms with Crippen LogP contribution in [0.1, 0.15) is 44.0 Å². The van der Waals surface area contributed by atoms with Gasteiger partial charge in [-0.3, -0.25) is 0 Å². The Hall–Kier alpha value is -1.24. The zero-order valence-electron chi connectivity index (χ0n) is 14.6. The Morgan fingerprint density at radius 1 is 1.30 bits per heavy atom. The van der Waals surface area contributed by atoms with Crippen molar-refractivity contribution >= 4 is 5.95 Å². The molecule has 0 saturated carbocycles. The van der Waals surface area contributed by atoms with Gasteiger partial charge in [-0.25, -0.2) is 9.97 Å². The van der Waals surface area contributed by atoms with Crippen LogP contribution in [0.4, 0.5) is 5.95 Å². The number of methoxy groups -OCH3 is 1. The van der Waals surface area contributed by atoms with Crippen molar-refractivity contribution in [3.8, 4) is 0 Å². The normalized spacial score (nSPS) is 18.0. The van der Waals surface area contributed by atoms with Gasteiger partial charge in [0.15, 0.2) is 0 Å². The van der Waals surface area contributed by atoms with Gasteiger partial charge < -0.3 is 20.1 Å². The minimum absolute atomic E-state index is 0.134. The number of ether oxygens (including phenoxy) is 1. The monoisotopic (exact) mass is 322 g/mol. The molecular weight excluding hydrogens is 292 g/mol. The number of rotatable bonds is 8. The molecule has 0 bridgehead atoms. The van der Waals surface area contributed by atoms with Crippen molar-refractivity contribution in [1.29, 1.82) is 0 Å². The number of aryl methyl sites for hydroxylation is 1. The molecule has 2 N–H and O–H groups in total. The van der Waals surface area contributed by atoms with Crippen LogP contribution in [0.5, 0.6) is 0 Å². The van der Waals surface area contributed by atoms with Crippen LogP contribution in [0, 0.1) is 6.92 Å². The third-order valence-corrected chi connectivity index (χ3v) is 4.36. The SMILES string of the molecule is COCC(C)(CCO)NCc1cc(C)nc(N2CCCCC2)n1. The number of piperidine rings is 1. The summed E-state index contributed by atoms with van der Waals surface area (Å²) in [5.74, 6) is 0.845. The molecule has 0 spiro atoms. The maximum absolute atomic E-state index is 9.26. The summed E-state index contributed by atoms with van der Waals surface area (Å²) in [6.45, 7) is 7.49. The first-order valence-corrected chi connectivity index (χ1v) is 8.51. The van der Waals surface area contributed by atoms with Gasteiger partial charge in [0, 0.05) is 44.6 Å². The van der Waals surface area contributed by atoms with Gasteiger partial charge in [-0.1, -0.05) is 0 Å². The fourth-order valence-corrected chi connectivity index (χ4v) is 3.02. The first-order valence-electron chi connectivity index (χ1n) is 8.51. The Bertz CT molecular complexity index is 483. The fourth-order valence-electron chi connectivity index (χ4n) is 3.02. The number of anilines is 1. The Morgan fingerprint density at radius 2 is 2.04 bits per heavy atom. The predicted octanol–water partition coefficient (Wildman–Crippen LogP) is 1.65. The lowest BCUT2D eigenvalue weighted by Gasteiger charge is -2.30. The van der Waals surface area contributed by atoms with E-state index in [1.807, 2.05) is 13.0 Å². The minimum atomic E-state index is -0.256. The van der Waals surface area contributed by atoms with E-state index < -0.39 is 0 Å². The summed E-state index contributed by atoms with van der Waals surface area (Å²) >= 11 is 0. The van der Waals surface area contributed by atoms with Gasteiger partial charge in [-0.05, 0) is 45.6 Å². The largest absolute Gasteiger partial charge is 0.396 e. The fraction of sp³-hybridized carbons (Fsp3) is 0.765. The number of aliphatic hydroxyl groups is 1. The molecule has 0 aliphatic carbocycles. The van der Waals surface area contributed by atoms with Crippen LogP contribution in [-0.4, -0.2) is 54.0 Å². The van der Waals surface area contributed by atoms with E-state index in [2.05, 4.69) is 22.1 Å². The van der Waals surface area contributed by atoms with Crippen LogP contribution in [0.3, 0.4) is 0 Å². The van der Waals surface area contributed by atoms with Crippen molar-refractivity contribution in [2.24, 2.45) is 0 Å². The number of aromatic nitrogens is 2. The number of aliphatic hydroxyl groups excluding tert-OH is 1. The second-order valence-electron chi connectivity index (χ2n) is 6.67. The molecular formula is C17H30N4O2. The second kappa shape index (κ2) is 8.57. The molecule has 6 nitrogen and oxygen atoms in total. The lowest BCUT2D eigenvalue weighted by molar-refractivity contribution is 0.0967. The van der Waals surface area contributed by atoms with E-state index in [4.69, 9.17) is 9.72 Å². The van der Waals surface area contributed by atoms with E-state index in [0.29, 0.717) is 19.6 Å². The topological polar surface area (TPSA) is 70.5 Å². The van der Waals surface area contributed by atoms with E-state index in [-0.39, 0.29) is 12.1 Å². The summed E-state index contributed by atoms with van der Waals surface area (Å²) < 4.78 is 5.28. The van der Waals surface area contributed by atoms with Gasteiger partial charge in [0.1, 0.15) is 0 Å². The molecule has 1 unspecified atom stereocenters. The first-order chi connectivity index (χ1) is 11.1. The molecule has 0 amide bonds. The summed E-state index contributed by atoms with van der Waals surface area (Å²) in [6, 6.07) is 2.02. The van der Waals surface area contributed by atoms with E-state index in [0.717, 1.165) is 30.4 Å². The van der Waals surface area contributed by atoms with Gasteiger partial charge >= 0.3 is 0 Å². The number of nitrogens with one attached hydrogen (secondary N) is 1. The molecule has 1 saturated heterocycles. The lowest BCUT2D eigenvalue weighted by Crippen LogP contribution is -2.46. The van der Waals surface area contributed by atoms with Crippen molar-refractivity contribution in [2.75, 3.05) is 38.3 Å². The van der Waals surface area contributed by atoms with Crippen LogP contribution in [0.2, 0.25) is 0 Å². The lowest BCUT2D eigenvalue weighted by atomic mass is 9.99. The highest BCUT2D eigenvalue weighted by Crippen LogP contribution is 2.17. The smallest absolute Gasteiger partial charge is 0.225 e.